The van der Waals surface area contributed by atoms with Gasteiger partial charge in [0.25, 0.3) is 0 Å². The van der Waals surface area contributed by atoms with E-state index in [1.165, 1.54) is 25.9 Å². The third-order valence-electron chi connectivity index (χ3n) is 3.04. The highest BCUT2D eigenvalue weighted by Gasteiger charge is 2.38. The van der Waals surface area contributed by atoms with E-state index in [1.807, 2.05) is 0 Å². The molecule has 0 amide bonds. The van der Waals surface area contributed by atoms with Crippen molar-refractivity contribution >= 4 is 5.71 Å². The summed E-state index contributed by atoms with van der Waals surface area (Å²) >= 11 is 0. The van der Waals surface area contributed by atoms with Crippen LogP contribution in [0.4, 0.5) is 0 Å². The first kappa shape index (κ1) is 6.38. The van der Waals surface area contributed by atoms with Gasteiger partial charge < -0.3 is 0 Å². The molecule has 0 bridgehead atoms. The van der Waals surface area contributed by atoms with E-state index in [1.54, 1.807) is 5.71 Å². The van der Waals surface area contributed by atoms with Crippen LogP contribution in [0.1, 0.15) is 26.7 Å². The first-order valence-corrected chi connectivity index (χ1v) is 4.40. The van der Waals surface area contributed by atoms with Gasteiger partial charge >= 0.3 is 0 Å². The van der Waals surface area contributed by atoms with Gasteiger partial charge in [-0.2, -0.15) is 0 Å². The average molecular weight is 138 g/mol. The van der Waals surface area contributed by atoms with Crippen LogP contribution in [0, 0.1) is 11.8 Å². The summed E-state index contributed by atoms with van der Waals surface area (Å²) in [4.78, 5) is 0. The van der Waals surface area contributed by atoms with Crippen LogP contribution in [-0.2, 0) is 0 Å². The molecule has 0 aromatic heterocycles. The van der Waals surface area contributed by atoms with Crippen LogP contribution in [0.25, 0.3) is 0 Å². The number of hydrogen-bond donors (Lipinski definition) is 0. The fraction of sp³-hybridized carbons (Fsp3) is 0.889. The van der Waals surface area contributed by atoms with Crippen molar-refractivity contribution in [3.05, 3.63) is 0 Å². The highest BCUT2D eigenvalue weighted by Crippen LogP contribution is 2.25. The molecule has 0 saturated carbocycles. The lowest BCUT2D eigenvalue weighted by molar-refractivity contribution is -0.512. The average Bonchev–Trinajstić information content (AvgIpc) is 2.40. The predicted octanol–water partition coefficient (Wildman–Crippen LogP) is 1.52. The Morgan fingerprint density at radius 1 is 1.10 bits per heavy atom. The minimum atomic E-state index is 0.887. The van der Waals surface area contributed by atoms with Gasteiger partial charge in [0.15, 0.2) is 5.71 Å². The van der Waals surface area contributed by atoms with Gasteiger partial charge in [0, 0.05) is 24.7 Å². The maximum atomic E-state index is 2.59. The van der Waals surface area contributed by atoms with E-state index >= 15 is 0 Å². The Balaban J connectivity index is 2.27. The van der Waals surface area contributed by atoms with E-state index < -0.39 is 0 Å². The summed E-state index contributed by atoms with van der Waals surface area (Å²) < 4.78 is 2.59. The monoisotopic (exact) mass is 138 g/mol. The molecule has 0 saturated heterocycles. The van der Waals surface area contributed by atoms with Gasteiger partial charge in [-0.3, -0.25) is 0 Å². The van der Waals surface area contributed by atoms with Crippen LogP contribution < -0.4 is 0 Å². The lowest BCUT2D eigenvalue weighted by atomic mass is 9.94. The van der Waals surface area contributed by atoms with Gasteiger partial charge in [-0.05, 0) is 0 Å². The highest BCUT2D eigenvalue weighted by molar-refractivity contribution is 5.85. The summed E-state index contributed by atoms with van der Waals surface area (Å²) in [5, 5.41) is 0. The molecule has 2 aliphatic rings. The molecule has 1 heteroatoms. The summed E-state index contributed by atoms with van der Waals surface area (Å²) in [6, 6.07) is 0. The molecule has 2 atom stereocenters. The molecule has 0 radical (unpaired) electrons. The van der Waals surface area contributed by atoms with Crippen molar-refractivity contribution in [1.29, 1.82) is 0 Å². The van der Waals surface area contributed by atoms with Crippen molar-refractivity contribution in [2.45, 2.75) is 26.7 Å². The SMILES string of the molecule is CC1CC[N+]2=C1C(C)CC2. The third kappa shape index (κ3) is 0.727. The summed E-state index contributed by atoms with van der Waals surface area (Å²) in [6.45, 7) is 7.41. The largest absolute Gasteiger partial charge is 0.236 e. The smallest absolute Gasteiger partial charge is 0.158 e. The number of nitrogens with zero attached hydrogens (tertiary/aromatic N) is 1. The van der Waals surface area contributed by atoms with Gasteiger partial charge in [-0.1, -0.05) is 13.8 Å². The van der Waals surface area contributed by atoms with E-state index in [4.69, 9.17) is 0 Å². The molecule has 10 heavy (non-hydrogen) atoms. The molecule has 2 heterocycles. The molecular formula is C9H16N+. The fourth-order valence-corrected chi connectivity index (χ4v) is 2.47. The molecule has 1 nitrogen and oxygen atoms in total. The van der Waals surface area contributed by atoms with E-state index in [0.29, 0.717) is 0 Å². The minimum absolute atomic E-state index is 0.887. The molecule has 0 aromatic carbocycles. The lowest BCUT2D eigenvalue weighted by Gasteiger charge is -2.02. The zero-order valence-electron chi connectivity index (χ0n) is 6.93. The van der Waals surface area contributed by atoms with Crippen molar-refractivity contribution in [3.8, 4) is 0 Å². The molecule has 0 spiro atoms. The second kappa shape index (κ2) is 2.08. The molecule has 0 N–H and O–H groups in total. The molecule has 0 aliphatic carbocycles. The topological polar surface area (TPSA) is 3.01 Å². The first-order valence-electron chi connectivity index (χ1n) is 4.40. The maximum Gasteiger partial charge on any atom is 0.158 e. The molecule has 0 fully saturated rings. The quantitative estimate of drug-likeness (QED) is 0.446. The van der Waals surface area contributed by atoms with E-state index in [9.17, 15) is 0 Å². The Bertz CT molecular complexity index is 163. The minimum Gasteiger partial charge on any atom is -0.236 e. The van der Waals surface area contributed by atoms with Crippen LogP contribution in [0.2, 0.25) is 0 Å². The Labute approximate surface area is 62.8 Å². The van der Waals surface area contributed by atoms with Crippen LogP contribution in [0.3, 0.4) is 0 Å². The Hall–Kier alpha value is -0.330. The van der Waals surface area contributed by atoms with Crippen molar-refractivity contribution in [3.63, 3.8) is 0 Å². The van der Waals surface area contributed by atoms with E-state index in [2.05, 4.69) is 18.4 Å². The highest BCUT2D eigenvalue weighted by atomic mass is 15.1. The van der Waals surface area contributed by atoms with Gasteiger partial charge in [0.2, 0.25) is 0 Å². The van der Waals surface area contributed by atoms with Crippen LogP contribution >= 0.6 is 0 Å². The second-order valence-electron chi connectivity index (χ2n) is 3.79. The third-order valence-corrected chi connectivity index (χ3v) is 3.04. The Morgan fingerprint density at radius 2 is 1.60 bits per heavy atom. The summed E-state index contributed by atoms with van der Waals surface area (Å²) in [7, 11) is 0. The molecule has 2 aliphatic heterocycles. The van der Waals surface area contributed by atoms with Crippen LogP contribution in [0.15, 0.2) is 0 Å². The molecule has 56 valence electrons. The van der Waals surface area contributed by atoms with Gasteiger partial charge in [-0.25, -0.2) is 4.58 Å². The molecule has 0 aromatic rings. The molecule has 2 rings (SSSR count). The van der Waals surface area contributed by atoms with Crippen molar-refractivity contribution in [2.75, 3.05) is 13.1 Å². The van der Waals surface area contributed by atoms with Crippen molar-refractivity contribution < 1.29 is 4.58 Å². The second-order valence-corrected chi connectivity index (χ2v) is 3.79. The zero-order valence-corrected chi connectivity index (χ0v) is 6.93. The molecular weight excluding hydrogens is 122 g/mol. The van der Waals surface area contributed by atoms with Gasteiger partial charge in [0.1, 0.15) is 13.1 Å². The predicted molar refractivity (Wildman–Crippen MR) is 42.6 cm³/mol. The lowest BCUT2D eigenvalue weighted by Crippen LogP contribution is -2.14. The fourth-order valence-electron chi connectivity index (χ4n) is 2.47. The van der Waals surface area contributed by atoms with Crippen molar-refractivity contribution in [1.82, 2.24) is 0 Å². The van der Waals surface area contributed by atoms with Gasteiger partial charge in [0.05, 0.1) is 0 Å². The Kier molecular flexibility index (Phi) is 1.33. The summed E-state index contributed by atoms with van der Waals surface area (Å²) in [5.74, 6) is 1.77. The van der Waals surface area contributed by atoms with Crippen LogP contribution in [0.5, 0.6) is 0 Å². The Morgan fingerprint density at radius 3 is 2.00 bits per heavy atom. The zero-order chi connectivity index (χ0) is 7.14. The molecule has 2 unspecified atom stereocenters. The number of rotatable bonds is 0. The number of hydrogen-bond acceptors (Lipinski definition) is 0. The van der Waals surface area contributed by atoms with E-state index in [0.717, 1.165) is 11.8 Å². The normalized spacial score (nSPS) is 39.0. The standard InChI is InChI=1S/C9H16N/c1-7-3-5-10-6-4-8(2)9(7)10/h7-8H,3-6H2,1-2H3/q+1. The van der Waals surface area contributed by atoms with Gasteiger partial charge in [-0.15, -0.1) is 0 Å². The first-order chi connectivity index (χ1) is 4.79. The van der Waals surface area contributed by atoms with Crippen molar-refractivity contribution in [2.24, 2.45) is 11.8 Å². The maximum absolute atomic E-state index is 2.59. The summed E-state index contributed by atoms with van der Waals surface area (Å²) in [5.41, 5.74) is 1.75. The van der Waals surface area contributed by atoms with E-state index in [-0.39, 0.29) is 0 Å². The van der Waals surface area contributed by atoms with Crippen LogP contribution in [-0.4, -0.2) is 23.4 Å². The summed E-state index contributed by atoms with van der Waals surface area (Å²) in [6.07, 6.45) is 2.80.